The van der Waals surface area contributed by atoms with E-state index in [4.69, 9.17) is 21.7 Å². The van der Waals surface area contributed by atoms with Crippen molar-refractivity contribution >= 4 is 46.0 Å². The third-order valence-corrected chi connectivity index (χ3v) is 6.01. The van der Waals surface area contributed by atoms with E-state index in [0.717, 1.165) is 11.8 Å². The highest BCUT2D eigenvalue weighted by atomic mass is 32.2. The van der Waals surface area contributed by atoms with E-state index in [2.05, 4.69) is 0 Å². The lowest BCUT2D eigenvalue weighted by molar-refractivity contribution is -0.113. The van der Waals surface area contributed by atoms with Gasteiger partial charge in [0.2, 0.25) is 0 Å². The molecule has 1 fully saturated rings. The van der Waals surface area contributed by atoms with E-state index in [1.165, 1.54) is 36.3 Å². The quantitative estimate of drug-likeness (QED) is 0.329. The predicted octanol–water partition coefficient (Wildman–Crippen LogP) is 5.96. The van der Waals surface area contributed by atoms with E-state index in [1.54, 1.807) is 48.5 Å². The van der Waals surface area contributed by atoms with Gasteiger partial charge in [0.15, 0.2) is 4.32 Å². The zero-order chi connectivity index (χ0) is 22.7. The van der Waals surface area contributed by atoms with Crippen LogP contribution in [0.3, 0.4) is 0 Å². The Hall–Kier alpha value is -3.23. The lowest BCUT2D eigenvalue weighted by atomic mass is 10.1. The smallest absolute Gasteiger partial charge is 0.270 e. The minimum atomic E-state index is -0.461. The van der Waals surface area contributed by atoms with Gasteiger partial charge in [-0.1, -0.05) is 48.2 Å². The van der Waals surface area contributed by atoms with Crippen molar-refractivity contribution in [1.29, 1.82) is 0 Å². The standard InChI is InChI=1S/C24H17F2NO3S2/c1-29-19-9-10-21(30-14-15-5-2-3-8-20(15)26)16(11-19)12-22-23(28)27(24(31)32-22)18-7-4-6-17(25)13-18/h2-13H,14H2,1H3. The van der Waals surface area contributed by atoms with Crippen LogP contribution in [-0.2, 0) is 11.4 Å². The number of thiocarbonyl (C=S) groups is 1. The number of nitrogens with zero attached hydrogens (tertiary/aromatic N) is 1. The van der Waals surface area contributed by atoms with Crippen molar-refractivity contribution in [2.45, 2.75) is 6.61 Å². The average Bonchev–Trinajstić information content (AvgIpc) is 3.06. The maximum absolute atomic E-state index is 14.0. The van der Waals surface area contributed by atoms with E-state index >= 15 is 0 Å². The molecule has 0 aromatic heterocycles. The van der Waals surface area contributed by atoms with Crippen molar-refractivity contribution in [3.8, 4) is 11.5 Å². The molecule has 1 aliphatic heterocycles. The molecule has 1 aliphatic rings. The van der Waals surface area contributed by atoms with E-state index in [-0.39, 0.29) is 18.3 Å². The summed E-state index contributed by atoms with van der Waals surface area (Å²) in [5, 5.41) is 0. The van der Waals surface area contributed by atoms with Gasteiger partial charge in [-0.05, 0) is 48.5 Å². The van der Waals surface area contributed by atoms with Gasteiger partial charge in [0.1, 0.15) is 29.7 Å². The van der Waals surface area contributed by atoms with Crippen LogP contribution in [0.15, 0.2) is 71.6 Å². The molecule has 3 aromatic rings. The number of halogens is 2. The number of benzene rings is 3. The van der Waals surface area contributed by atoms with Crippen molar-refractivity contribution in [1.82, 2.24) is 0 Å². The summed E-state index contributed by atoms with van der Waals surface area (Å²) in [6.45, 7) is 0.0180. The number of anilines is 1. The fraction of sp³-hybridized carbons (Fsp3) is 0.0833. The molecule has 0 N–H and O–H groups in total. The van der Waals surface area contributed by atoms with Crippen LogP contribution in [0.4, 0.5) is 14.5 Å². The number of thioether (sulfide) groups is 1. The Labute approximate surface area is 193 Å². The number of hydrogen-bond donors (Lipinski definition) is 0. The van der Waals surface area contributed by atoms with Crippen molar-refractivity contribution < 1.29 is 23.0 Å². The maximum Gasteiger partial charge on any atom is 0.270 e. The summed E-state index contributed by atoms with van der Waals surface area (Å²) < 4.78 is 39.0. The Morgan fingerprint density at radius 1 is 1.06 bits per heavy atom. The third-order valence-electron chi connectivity index (χ3n) is 4.70. The summed E-state index contributed by atoms with van der Waals surface area (Å²) in [5.74, 6) is -0.177. The van der Waals surface area contributed by atoms with Gasteiger partial charge in [0, 0.05) is 11.1 Å². The highest BCUT2D eigenvalue weighted by molar-refractivity contribution is 8.27. The zero-order valence-corrected chi connectivity index (χ0v) is 18.5. The van der Waals surface area contributed by atoms with E-state index in [1.807, 2.05) is 0 Å². The number of rotatable bonds is 6. The summed E-state index contributed by atoms with van der Waals surface area (Å²) >= 11 is 6.46. The third kappa shape index (κ3) is 4.66. The van der Waals surface area contributed by atoms with Crippen LogP contribution in [0.1, 0.15) is 11.1 Å². The Morgan fingerprint density at radius 3 is 2.62 bits per heavy atom. The largest absolute Gasteiger partial charge is 0.497 e. The first-order chi connectivity index (χ1) is 15.5. The molecule has 4 nitrogen and oxygen atoms in total. The van der Waals surface area contributed by atoms with Crippen molar-refractivity contribution in [3.63, 3.8) is 0 Å². The Balaban J connectivity index is 1.64. The topological polar surface area (TPSA) is 38.8 Å². The molecule has 32 heavy (non-hydrogen) atoms. The highest BCUT2D eigenvalue weighted by Crippen LogP contribution is 2.38. The number of amides is 1. The fourth-order valence-electron chi connectivity index (χ4n) is 3.12. The van der Waals surface area contributed by atoms with Gasteiger partial charge in [-0.3, -0.25) is 9.69 Å². The lowest BCUT2D eigenvalue weighted by Crippen LogP contribution is -2.27. The van der Waals surface area contributed by atoms with Gasteiger partial charge in [0.25, 0.3) is 5.91 Å². The van der Waals surface area contributed by atoms with Crippen molar-refractivity contribution in [2.75, 3.05) is 12.0 Å². The van der Waals surface area contributed by atoms with E-state index in [0.29, 0.717) is 37.5 Å². The lowest BCUT2D eigenvalue weighted by Gasteiger charge is -2.14. The molecule has 162 valence electrons. The van der Waals surface area contributed by atoms with Crippen molar-refractivity contribution in [2.24, 2.45) is 0 Å². The first-order valence-corrected chi connectivity index (χ1v) is 10.8. The molecule has 0 aliphatic carbocycles. The van der Waals surface area contributed by atoms with Crippen LogP contribution < -0.4 is 14.4 Å². The number of methoxy groups -OCH3 is 1. The molecule has 0 radical (unpaired) electrons. The number of hydrogen-bond acceptors (Lipinski definition) is 5. The average molecular weight is 470 g/mol. The highest BCUT2D eigenvalue weighted by Gasteiger charge is 2.33. The molecule has 0 spiro atoms. The summed E-state index contributed by atoms with van der Waals surface area (Å²) in [7, 11) is 1.53. The molecule has 0 atom stereocenters. The van der Waals surface area contributed by atoms with Crippen LogP contribution in [0, 0.1) is 11.6 Å². The van der Waals surface area contributed by atoms with E-state index in [9.17, 15) is 13.6 Å². The molecule has 1 saturated heterocycles. The van der Waals surface area contributed by atoms with Crippen LogP contribution in [-0.4, -0.2) is 17.3 Å². The fourth-order valence-corrected chi connectivity index (χ4v) is 4.41. The first-order valence-electron chi connectivity index (χ1n) is 9.54. The second-order valence-corrected chi connectivity index (χ2v) is 8.46. The summed E-state index contributed by atoms with van der Waals surface area (Å²) in [5.41, 5.74) is 1.34. The van der Waals surface area contributed by atoms with Crippen LogP contribution in [0.5, 0.6) is 11.5 Å². The molecule has 8 heteroatoms. The molecule has 4 rings (SSSR count). The van der Waals surface area contributed by atoms with Gasteiger partial charge < -0.3 is 9.47 Å². The maximum atomic E-state index is 14.0. The molecule has 1 heterocycles. The molecule has 3 aromatic carbocycles. The molecular formula is C24H17F2NO3S2. The van der Waals surface area contributed by atoms with Crippen LogP contribution >= 0.6 is 24.0 Å². The first kappa shape index (κ1) is 22.0. The van der Waals surface area contributed by atoms with Gasteiger partial charge in [0.05, 0.1) is 17.7 Å². The Bertz CT molecular complexity index is 1230. The van der Waals surface area contributed by atoms with Crippen molar-refractivity contribution in [3.05, 3.63) is 94.4 Å². The minimum absolute atomic E-state index is 0.0180. The predicted molar refractivity (Wildman–Crippen MR) is 126 cm³/mol. The van der Waals surface area contributed by atoms with Crippen LogP contribution in [0.2, 0.25) is 0 Å². The monoisotopic (exact) mass is 469 g/mol. The summed E-state index contributed by atoms with van der Waals surface area (Å²) in [4.78, 5) is 14.7. The van der Waals surface area contributed by atoms with E-state index < -0.39 is 5.82 Å². The molecule has 1 amide bonds. The zero-order valence-electron chi connectivity index (χ0n) is 16.9. The number of carbonyl (C=O) groups excluding carboxylic acids is 1. The molecule has 0 bridgehead atoms. The van der Waals surface area contributed by atoms with Gasteiger partial charge in [-0.25, -0.2) is 8.78 Å². The number of carbonyl (C=O) groups is 1. The van der Waals surface area contributed by atoms with Gasteiger partial charge in [-0.15, -0.1) is 0 Å². The van der Waals surface area contributed by atoms with Gasteiger partial charge >= 0.3 is 0 Å². The molecular weight excluding hydrogens is 452 g/mol. The summed E-state index contributed by atoms with van der Waals surface area (Å²) in [6.07, 6.45) is 1.64. The second-order valence-electron chi connectivity index (χ2n) is 6.78. The molecule has 0 unspecified atom stereocenters. The van der Waals surface area contributed by atoms with Crippen LogP contribution in [0.25, 0.3) is 6.08 Å². The van der Waals surface area contributed by atoms with Gasteiger partial charge in [-0.2, -0.15) is 0 Å². The second kappa shape index (κ2) is 9.50. The Morgan fingerprint density at radius 2 is 1.88 bits per heavy atom. The Kier molecular flexibility index (Phi) is 6.53. The SMILES string of the molecule is COc1ccc(OCc2ccccc2F)c(C=C2SC(=S)N(c3cccc(F)c3)C2=O)c1. The number of ether oxygens (including phenoxy) is 2. The summed E-state index contributed by atoms with van der Waals surface area (Å²) in [6, 6.07) is 17.2. The molecule has 0 saturated carbocycles. The normalized spacial score (nSPS) is 14.8. The minimum Gasteiger partial charge on any atom is -0.497 e.